The van der Waals surface area contributed by atoms with Crippen molar-refractivity contribution in [2.24, 2.45) is 5.92 Å². The molecule has 1 saturated heterocycles. The number of carbonyl (C=O) groups is 2. The fourth-order valence-corrected chi connectivity index (χ4v) is 3.44. The molecular weight excluding hydrogens is 352 g/mol. The van der Waals surface area contributed by atoms with Crippen molar-refractivity contribution in [2.45, 2.75) is 32.9 Å². The molecule has 2 atom stereocenters. The highest BCUT2D eigenvalue weighted by Crippen LogP contribution is 2.23. The summed E-state index contributed by atoms with van der Waals surface area (Å²) in [6.07, 6.45) is -0.140. The van der Waals surface area contributed by atoms with Gasteiger partial charge >= 0.3 is 0 Å². The van der Waals surface area contributed by atoms with Crippen LogP contribution in [0.3, 0.4) is 0 Å². The van der Waals surface area contributed by atoms with Crippen molar-refractivity contribution in [2.75, 3.05) is 19.7 Å². The number of amides is 2. The van der Waals surface area contributed by atoms with E-state index in [2.05, 4.69) is 5.32 Å². The molecule has 2 aromatic carbocycles. The molecule has 2 aromatic rings. The van der Waals surface area contributed by atoms with Gasteiger partial charge in [0.1, 0.15) is 12.1 Å². The second kappa shape index (κ2) is 9.02. The van der Waals surface area contributed by atoms with Crippen molar-refractivity contribution in [1.29, 1.82) is 0 Å². The Labute approximate surface area is 166 Å². The van der Waals surface area contributed by atoms with Crippen LogP contribution in [0.2, 0.25) is 0 Å². The minimum atomic E-state index is -0.567. The molecule has 5 heteroatoms. The van der Waals surface area contributed by atoms with Crippen molar-refractivity contribution >= 4 is 11.8 Å². The zero-order valence-electron chi connectivity index (χ0n) is 16.7. The molecule has 0 aromatic heterocycles. The fourth-order valence-electron chi connectivity index (χ4n) is 3.44. The summed E-state index contributed by atoms with van der Waals surface area (Å²) >= 11 is 0. The Morgan fingerprint density at radius 2 is 1.86 bits per heavy atom. The first-order valence-corrected chi connectivity index (χ1v) is 9.78. The molecular formula is C23H28N2O3. The maximum atomic E-state index is 13.2. The summed E-state index contributed by atoms with van der Waals surface area (Å²) in [5.41, 5.74) is 2.64. The molecule has 0 saturated carbocycles. The molecule has 3 rings (SSSR count). The molecule has 0 radical (unpaired) electrons. The summed E-state index contributed by atoms with van der Waals surface area (Å²) in [6, 6.07) is 16.8. The summed E-state index contributed by atoms with van der Waals surface area (Å²) < 4.78 is 5.87. The molecule has 148 valence electrons. The zero-order chi connectivity index (χ0) is 20.1. The lowest BCUT2D eigenvalue weighted by atomic mass is 10.0. The lowest BCUT2D eigenvalue weighted by Crippen LogP contribution is -2.54. The first kappa shape index (κ1) is 20.1. The van der Waals surface area contributed by atoms with E-state index in [1.54, 1.807) is 6.07 Å². The normalized spacial score (nSPS) is 18.0. The molecule has 28 heavy (non-hydrogen) atoms. The summed E-state index contributed by atoms with van der Waals surface area (Å²) in [5.74, 6) is -0.289. The third-order valence-electron chi connectivity index (χ3n) is 5.05. The number of morpholine rings is 1. The molecule has 1 aliphatic heterocycles. The van der Waals surface area contributed by atoms with E-state index in [9.17, 15) is 9.59 Å². The van der Waals surface area contributed by atoms with E-state index in [1.165, 1.54) is 0 Å². The molecule has 1 N–H and O–H groups in total. The average molecular weight is 380 g/mol. The Bertz CT molecular complexity index is 820. The van der Waals surface area contributed by atoms with Crippen molar-refractivity contribution in [3.05, 3.63) is 71.3 Å². The lowest BCUT2D eigenvalue weighted by molar-refractivity contribution is -0.142. The van der Waals surface area contributed by atoms with Gasteiger partial charge in [0.25, 0.3) is 5.91 Å². The predicted molar refractivity (Wildman–Crippen MR) is 109 cm³/mol. The van der Waals surface area contributed by atoms with Gasteiger partial charge in [-0.1, -0.05) is 61.9 Å². The standard InChI is InChI=1S/C23H28N2O3/c1-16(2)21(24-22(26)19-11-7-8-17(3)14-19)23(27)25-12-13-28-20(15-25)18-9-5-4-6-10-18/h4-11,14,16,20-21H,12-13,15H2,1-3H3,(H,24,26). The van der Waals surface area contributed by atoms with Crippen molar-refractivity contribution in [3.8, 4) is 0 Å². The van der Waals surface area contributed by atoms with Gasteiger partial charge in [-0.25, -0.2) is 0 Å². The molecule has 1 heterocycles. The third-order valence-corrected chi connectivity index (χ3v) is 5.05. The smallest absolute Gasteiger partial charge is 0.251 e. The summed E-state index contributed by atoms with van der Waals surface area (Å²) in [4.78, 5) is 27.7. The average Bonchev–Trinajstić information content (AvgIpc) is 2.72. The Kier molecular flexibility index (Phi) is 6.47. The number of nitrogens with one attached hydrogen (secondary N) is 1. The van der Waals surface area contributed by atoms with Crippen LogP contribution >= 0.6 is 0 Å². The second-order valence-electron chi connectivity index (χ2n) is 7.62. The predicted octanol–water partition coefficient (Wildman–Crippen LogP) is 3.35. The maximum Gasteiger partial charge on any atom is 0.251 e. The van der Waals surface area contributed by atoms with Gasteiger partial charge in [-0.15, -0.1) is 0 Å². The first-order chi connectivity index (χ1) is 13.5. The number of hydrogen-bond acceptors (Lipinski definition) is 3. The van der Waals surface area contributed by atoms with Crippen molar-refractivity contribution in [3.63, 3.8) is 0 Å². The van der Waals surface area contributed by atoms with Gasteiger partial charge in [-0.2, -0.15) is 0 Å². The highest BCUT2D eigenvalue weighted by molar-refractivity contribution is 5.97. The van der Waals surface area contributed by atoms with Crippen LogP contribution in [0.5, 0.6) is 0 Å². The van der Waals surface area contributed by atoms with E-state index in [0.29, 0.717) is 25.3 Å². The van der Waals surface area contributed by atoms with Crippen LogP contribution in [0.15, 0.2) is 54.6 Å². The van der Waals surface area contributed by atoms with Crippen LogP contribution in [-0.2, 0) is 9.53 Å². The SMILES string of the molecule is Cc1cccc(C(=O)NC(C(=O)N2CCOC(c3ccccc3)C2)C(C)C)c1. The van der Waals surface area contributed by atoms with Crippen LogP contribution < -0.4 is 5.32 Å². The molecule has 2 amide bonds. The highest BCUT2D eigenvalue weighted by Gasteiger charge is 2.32. The number of nitrogens with zero attached hydrogens (tertiary/aromatic N) is 1. The lowest BCUT2D eigenvalue weighted by Gasteiger charge is -2.36. The Balaban J connectivity index is 1.71. The van der Waals surface area contributed by atoms with Gasteiger partial charge in [-0.3, -0.25) is 9.59 Å². The van der Waals surface area contributed by atoms with Gasteiger partial charge in [-0.05, 0) is 30.5 Å². The van der Waals surface area contributed by atoms with Crippen molar-refractivity contribution in [1.82, 2.24) is 10.2 Å². The van der Waals surface area contributed by atoms with E-state index in [-0.39, 0.29) is 23.8 Å². The number of aryl methyl sites for hydroxylation is 1. The number of hydrogen-bond donors (Lipinski definition) is 1. The summed E-state index contributed by atoms with van der Waals surface area (Å²) in [7, 11) is 0. The number of rotatable bonds is 5. The maximum absolute atomic E-state index is 13.2. The van der Waals surface area contributed by atoms with E-state index < -0.39 is 6.04 Å². The third kappa shape index (κ3) is 4.78. The van der Waals surface area contributed by atoms with Crippen LogP contribution in [0.25, 0.3) is 0 Å². The molecule has 1 aliphatic rings. The van der Waals surface area contributed by atoms with Crippen LogP contribution in [0.4, 0.5) is 0 Å². The Morgan fingerprint density at radius 1 is 1.11 bits per heavy atom. The molecule has 0 aliphatic carbocycles. The molecule has 2 unspecified atom stereocenters. The minimum absolute atomic E-state index is 0.0146. The van der Waals surface area contributed by atoms with Crippen LogP contribution in [0.1, 0.15) is 41.4 Å². The van der Waals surface area contributed by atoms with Crippen molar-refractivity contribution < 1.29 is 14.3 Å². The minimum Gasteiger partial charge on any atom is -0.370 e. The Morgan fingerprint density at radius 3 is 2.54 bits per heavy atom. The number of ether oxygens (including phenoxy) is 1. The molecule has 1 fully saturated rings. The number of carbonyl (C=O) groups excluding carboxylic acids is 2. The fraction of sp³-hybridized carbons (Fsp3) is 0.391. The van der Waals surface area contributed by atoms with E-state index in [4.69, 9.17) is 4.74 Å². The van der Waals surface area contributed by atoms with Crippen LogP contribution in [0, 0.1) is 12.8 Å². The van der Waals surface area contributed by atoms with Gasteiger partial charge in [0.05, 0.1) is 13.2 Å². The first-order valence-electron chi connectivity index (χ1n) is 9.78. The molecule has 0 spiro atoms. The van der Waals surface area contributed by atoms with Gasteiger partial charge in [0.15, 0.2) is 0 Å². The largest absolute Gasteiger partial charge is 0.370 e. The van der Waals surface area contributed by atoms with Gasteiger partial charge in [0, 0.05) is 12.1 Å². The highest BCUT2D eigenvalue weighted by atomic mass is 16.5. The molecule has 0 bridgehead atoms. The van der Waals surface area contributed by atoms with E-state index >= 15 is 0 Å². The monoisotopic (exact) mass is 380 g/mol. The summed E-state index contributed by atoms with van der Waals surface area (Å²) in [5, 5.41) is 2.94. The topological polar surface area (TPSA) is 58.6 Å². The van der Waals surface area contributed by atoms with E-state index in [1.807, 2.05) is 74.2 Å². The number of benzene rings is 2. The molecule has 5 nitrogen and oxygen atoms in total. The quantitative estimate of drug-likeness (QED) is 0.865. The van der Waals surface area contributed by atoms with Gasteiger partial charge in [0.2, 0.25) is 5.91 Å². The zero-order valence-corrected chi connectivity index (χ0v) is 16.7. The Hall–Kier alpha value is -2.66. The van der Waals surface area contributed by atoms with Gasteiger partial charge < -0.3 is 15.0 Å². The van der Waals surface area contributed by atoms with Crippen LogP contribution in [-0.4, -0.2) is 42.5 Å². The van der Waals surface area contributed by atoms with E-state index in [0.717, 1.165) is 11.1 Å². The second-order valence-corrected chi connectivity index (χ2v) is 7.62. The summed E-state index contributed by atoms with van der Waals surface area (Å²) in [6.45, 7) is 7.36.